The molecule has 0 aliphatic heterocycles. The largest absolute Gasteiger partial charge is 0.480 e. The molecule has 0 aromatic heterocycles. The van der Waals surface area contributed by atoms with Gasteiger partial charge in [0.25, 0.3) is 5.91 Å². The van der Waals surface area contributed by atoms with Crippen molar-refractivity contribution in [3.05, 3.63) is 35.4 Å². The van der Waals surface area contributed by atoms with Crippen LogP contribution in [-0.4, -0.2) is 54.3 Å². The minimum absolute atomic E-state index is 0.227. The Labute approximate surface area is 168 Å². The molecule has 1 aromatic rings. The van der Waals surface area contributed by atoms with Crippen LogP contribution in [0, 0.1) is 11.8 Å². The smallest absolute Gasteiger partial charge is 0.416 e. The van der Waals surface area contributed by atoms with Gasteiger partial charge in [0.15, 0.2) is 12.0 Å². The van der Waals surface area contributed by atoms with Crippen LogP contribution in [0.25, 0.3) is 0 Å². The van der Waals surface area contributed by atoms with Crippen LogP contribution >= 0.6 is 0 Å². The van der Waals surface area contributed by atoms with Crippen molar-refractivity contribution < 1.29 is 52.0 Å². The number of ether oxygens (including phenoxy) is 2. The van der Waals surface area contributed by atoms with Crippen LogP contribution in [0.3, 0.4) is 0 Å². The average molecular weight is 435 g/mol. The normalized spacial score (nSPS) is 14.4. The van der Waals surface area contributed by atoms with Gasteiger partial charge < -0.3 is 25.0 Å². The quantitative estimate of drug-likeness (QED) is 0.404. The maximum Gasteiger partial charge on any atom is 0.416 e. The first-order valence-electron chi connectivity index (χ1n) is 8.39. The highest BCUT2D eigenvalue weighted by Gasteiger charge is 2.42. The van der Waals surface area contributed by atoms with Gasteiger partial charge in [0.05, 0.1) is 19.8 Å². The molecule has 3 atom stereocenters. The van der Waals surface area contributed by atoms with Gasteiger partial charge in [-0.3, -0.25) is 14.4 Å². The highest BCUT2D eigenvalue weighted by Crippen LogP contribution is 2.30. The third-order valence-electron chi connectivity index (χ3n) is 4.33. The van der Waals surface area contributed by atoms with Gasteiger partial charge in [-0.1, -0.05) is 19.1 Å². The van der Waals surface area contributed by atoms with Gasteiger partial charge in [-0.2, -0.15) is 13.2 Å². The fourth-order valence-electron chi connectivity index (χ4n) is 2.63. The molecule has 166 valence electrons. The average Bonchev–Trinajstić information content (AvgIpc) is 2.69. The Morgan fingerprint density at radius 1 is 1.00 bits per heavy atom. The van der Waals surface area contributed by atoms with Crippen LogP contribution in [0.15, 0.2) is 24.3 Å². The number of aliphatic hydroxyl groups excluding tert-OH is 1. The zero-order chi connectivity index (χ0) is 23.2. The maximum absolute atomic E-state index is 12.6. The molecule has 0 saturated heterocycles. The Hall–Kier alpha value is -3.15. The third-order valence-corrected chi connectivity index (χ3v) is 4.33. The summed E-state index contributed by atoms with van der Waals surface area (Å²) in [5, 5.41) is 21.4. The van der Waals surface area contributed by atoms with E-state index in [0.717, 1.165) is 26.4 Å². The van der Waals surface area contributed by atoms with Gasteiger partial charge >= 0.3 is 24.1 Å². The number of alkyl halides is 3. The molecule has 0 bridgehead atoms. The van der Waals surface area contributed by atoms with Gasteiger partial charge in [-0.15, -0.1) is 0 Å². The third kappa shape index (κ3) is 5.92. The summed E-state index contributed by atoms with van der Waals surface area (Å²) in [6, 6.07) is 1.18. The lowest BCUT2D eigenvalue weighted by Gasteiger charge is -2.26. The summed E-state index contributed by atoms with van der Waals surface area (Å²) in [6.07, 6.45) is -6.62. The number of hydrogen-bond donors (Lipinski definition) is 3. The van der Waals surface area contributed by atoms with Crippen LogP contribution < -0.4 is 5.32 Å². The molecule has 0 unspecified atom stereocenters. The van der Waals surface area contributed by atoms with Gasteiger partial charge in [-0.25, -0.2) is 4.79 Å². The lowest BCUT2D eigenvalue weighted by Crippen LogP contribution is -2.51. The molecule has 12 heteroatoms. The molecule has 0 heterocycles. The standard InChI is InChI=1S/C18H20F3NO8/c1-8(11(16(27)29-2)17(28)30-3)12(15(25)26)22-14(24)13(23)9-4-6-10(7-5-9)18(19,20)21/h4-8,11-13,23H,1-3H3,(H,22,24)(H,25,26)/t8-,12-,13+/m1/s1. The van der Waals surface area contributed by atoms with E-state index in [0.29, 0.717) is 12.1 Å². The molecule has 0 aliphatic rings. The van der Waals surface area contributed by atoms with Crippen LogP contribution in [0.4, 0.5) is 13.2 Å². The van der Waals surface area contributed by atoms with Crippen molar-refractivity contribution in [1.82, 2.24) is 5.32 Å². The number of hydrogen-bond acceptors (Lipinski definition) is 7. The van der Waals surface area contributed by atoms with Crippen molar-refractivity contribution in [3.8, 4) is 0 Å². The number of carboxylic acid groups (broad SMARTS) is 1. The fourth-order valence-corrected chi connectivity index (χ4v) is 2.63. The van der Waals surface area contributed by atoms with E-state index >= 15 is 0 Å². The highest BCUT2D eigenvalue weighted by atomic mass is 19.4. The number of carbonyl (C=O) groups is 4. The van der Waals surface area contributed by atoms with Gasteiger partial charge in [0.1, 0.15) is 6.04 Å². The van der Waals surface area contributed by atoms with E-state index in [1.807, 2.05) is 5.32 Å². The molecule has 0 saturated carbocycles. The monoisotopic (exact) mass is 435 g/mol. The molecular weight excluding hydrogens is 415 g/mol. The molecule has 0 fully saturated rings. The molecule has 9 nitrogen and oxygen atoms in total. The molecular formula is C18H20F3NO8. The minimum atomic E-state index is -4.62. The number of esters is 2. The van der Waals surface area contributed by atoms with Crippen LogP contribution in [0.5, 0.6) is 0 Å². The summed E-state index contributed by atoms with van der Waals surface area (Å²) in [5.41, 5.74) is -1.23. The minimum Gasteiger partial charge on any atom is -0.480 e. The van der Waals surface area contributed by atoms with E-state index in [2.05, 4.69) is 9.47 Å². The summed E-state index contributed by atoms with van der Waals surface area (Å²) in [7, 11) is 1.93. The Kier molecular flexibility index (Phi) is 8.34. The SMILES string of the molecule is COC(=O)C(C(=O)OC)[C@@H](C)[C@@H](NC(=O)[C@@H](O)c1ccc(C(F)(F)F)cc1)C(=O)O. The zero-order valence-electron chi connectivity index (χ0n) is 16.1. The van der Waals surface area contributed by atoms with Crippen molar-refractivity contribution in [2.75, 3.05) is 14.2 Å². The number of amides is 1. The van der Waals surface area contributed by atoms with E-state index in [9.17, 15) is 42.6 Å². The van der Waals surface area contributed by atoms with Crippen LogP contribution in [0.2, 0.25) is 0 Å². The van der Waals surface area contributed by atoms with Crippen LogP contribution in [0.1, 0.15) is 24.2 Å². The van der Waals surface area contributed by atoms with E-state index in [1.54, 1.807) is 0 Å². The topological polar surface area (TPSA) is 139 Å². The molecule has 0 aliphatic carbocycles. The number of rotatable bonds is 8. The number of aliphatic carboxylic acids is 1. The van der Waals surface area contributed by atoms with Gasteiger partial charge in [0, 0.05) is 5.92 Å². The Morgan fingerprint density at radius 2 is 1.47 bits per heavy atom. The van der Waals surface area contributed by atoms with Gasteiger partial charge in [0.2, 0.25) is 0 Å². The maximum atomic E-state index is 12.6. The molecule has 3 N–H and O–H groups in total. The fraction of sp³-hybridized carbons (Fsp3) is 0.444. The molecule has 1 rings (SSSR count). The number of carbonyl (C=O) groups excluding carboxylic acids is 3. The van der Waals surface area contributed by atoms with E-state index in [4.69, 9.17) is 0 Å². The lowest BCUT2D eigenvalue weighted by atomic mass is 9.87. The first-order chi connectivity index (χ1) is 13.8. The number of methoxy groups -OCH3 is 2. The number of aliphatic hydroxyl groups is 1. The van der Waals surface area contributed by atoms with Crippen molar-refractivity contribution in [1.29, 1.82) is 0 Å². The first-order valence-corrected chi connectivity index (χ1v) is 8.39. The van der Waals surface area contributed by atoms with Crippen molar-refractivity contribution in [3.63, 3.8) is 0 Å². The summed E-state index contributed by atoms with van der Waals surface area (Å²) < 4.78 is 46.8. The Bertz CT molecular complexity index is 778. The summed E-state index contributed by atoms with van der Waals surface area (Å²) >= 11 is 0. The Morgan fingerprint density at radius 3 is 1.83 bits per heavy atom. The zero-order valence-corrected chi connectivity index (χ0v) is 16.1. The van der Waals surface area contributed by atoms with Crippen molar-refractivity contribution in [2.24, 2.45) is 11.8 Å². The lowest BCUT2D eigenvalue weighted by molar-refractivity contribution is -0.163. The summed E-state index contributed by atoms with van der Waals surface area (Å²) in [4.78, 5) is 47.6. The highest BCUT2D eigenvalue weighted by molar-refractivity contribution is 5.96. The summed E-state index contributed by atoms with van der Waals surface area (Å²) in [6.45, 7) is 1.17. The molecule has 0 spiro atoms. The van der Waals surface area contributed by atoms with E-state index in [1.165, 1.54) is 6.92 Å². The Balaban J connectivity index is 3.06. The van der Waals surface area contributed by atoms with Crippen molar-refractivity contribution in [2.45, 2.75) is 25.2 Å². The molecule has 0 radical (unpaired) electrons. The number of carboxylic acids is 1. The van der Waals surface area contributed by atoms with Crippen molar-refractivity contribution >= 4 is 23.8 Å². The molecule has 1 aromatic carbocycles. The molecule has 30 heavy (non-hydrogen) atoms. The first kappa shape index (κ1) is 24.9. The second kappa shape index (κ2) is 10.1. The summed E-state index contributed by atoms with van der Waals surface area (Å²) in [5.74, 6) is -8.14. The number of halogens is 3. The second-order valence-electron chi connectivity index (χ2n) is 6.23. The van der Waals surface area contributed by atoms with E-state index < -0.39 is 59.5 Å². The molecule has 1 amide bonds. The van der Waals surface area contributed by atoms with E-state index in [-0.39, 0.29) is 5.56 Å². The predicted octanol–water partition coefficient (Wildman–Crippen LogP) is 0.907. The predicted molar refractivity (Wildman–Crippen MR) is 92.7 cm³/mol. The number of nitrogens with one attached hydrogen (secondary N) is 1. The van der Waals surface area contributed by atoms with Crippen LogP contribution in [-0.2, 0) is 34.8 Å². The van der Waals surface area contributed by atoms with Gasteiger partial charge in [-0.05, 0) is 17.7 Å². The number of benzene rings is 1. The second-order valence-corrected chi connectivity index (χ2v) is 6.23.